The van der Waals surface area contributed by atoms with Crippen LogP contribution in [-0.2, 0) is 4.74 Å². The molecule has 1 rings (SSSR count). The van der Waals surface area contributed by atoms with Gasteiger partial charge in [-0.3, -0.25) is 4.90 Å². The van der Waals surface area contributed by atoms with Gasteiger partial charge in [-0.1, -0.05) is 20.8 Å². The highest BCUT2D eigenvalue weighted by atomic mass is 16.5. The molecule has 1 unspecified atom stereocenters. The molecule has 0 aromatic rings. The third-order valence-electron chi connectivity index (χ3n) is 2.74. The van der Waals surface area contributed by atoms with E-state index in [0.29, 0.717) is 11.5 Å². The quantitative estimate of drug-likeness (QED) is 0.575. The molecule has 2 nitrogen and oxygen atoms in total. The fourth-order valence-electron chi connectivity index (χ4n) is 1.82. The van der Waals surface area contributed by atoms with Crippen LogP contribution < -0.4 is 0 Å². The Morgan fingerprint density at radius 2 is 1.62 bits per heavy atom. The first-order chi connectivity index (χ1) is 5.73. The van der Waals surface area contributed by atoms with Gasteiger partial charge in [0.15, 0.2) is 0 Å². The van der Waals surface area contributed by atoms with Crippen LogP contribution in [0, 0.1) is 5.41 Å². The van der Waals surface area contributed by atoms with Gasteiger partial charge in [-0.25, -0.2) is 0 Å². The minimum absolute atomic E-state index is 0.217. The van der Waals surface area contributed by atoms with Crippen molar-refractivity contribution < 1.29 is 4.74 Å². The average molecular weight is 185 g/mol. The summed E-state index contributed by atoms with van der Waals surface area (Å²) in [5.74, 6) is 0. The molecule has 0 amide bonds. The molecular formula is C11H23NO. The summed E-state index contributed by atoms with van der Waals surface area (Å²) in [5, 5.41) is 0. The third kappa shape index (κ3) is 2.44. The minimum atomic E-state index is 0.217. The standard InChI is InChI=1S/C11H23NO/c1-10(2,3)9-7-13-8-12(9)11(4,5)6/h9H,7-8H2,1-6H3. The molecule has 13 heavy (non-hydrogen) atoms. The zero-order valence-corrected chi connectivity index (χ0v) is 9.85. The van der Waals surface area contributed by atoms with Gasteiger partial charge < -0.3 is 4.74 Å². The number of nitrogens with zero attached hydrogens (tertiary/aromatic N) is 1. The van der Waals surface area contributed by atoms with E-state index in [9.17, 15) is 0 Å². The molecule has 1 atom stereocenters. The van der Waals surface area contributed by atoms with E-state index in [1.54, 1.807) is 0 Å². The number of hydrogen-bond donors (Lipinski definition) is 0. The van der Waals surface area contributed by atoms with Crippen molar-refractivity contribution in [3.63, 3.8) is 0 Å². The molecule has 0 aromatic carbocycles. The average Bonchev–Trinajstić information content (AvgIpc) is 2.27. The van der Waals surface area contributed by atoms with Crippen LogP contribution in [0.4, 0.5) is 0 Å². The van der Waals surface area contributed by atoms with Gasteiger partial charge >= 0.3 is 0 Å². The van der Waals surface area contributed by atoms with Crippen molar-refractivity contribution in [2.45, 2.75) is 53.1 Å². The van der Waals surface area contributed by atoms with E-state index in [1.165, 1.54) is 0 Å². The van der Waals surface area contributed by atoms with Crippen LogP contribution in [0.15, 0.2) is 0 Å². The first-order valence-electron chi connectivity index (χ1n) is 5.07. The Balaban J connectivity index is 2.76. The normalized spacial score (nSPS) is 26.8. The Kier molecular flexibility index (Phi) is 2.75. The lowest BCUT2D eigenvalue weighted by atomic mass is 9.85. The van der Waals surface area contributed by atoms with Crippen LogP contribution in [0.1, 0.15) is 41.5 Å². The number of rotatable bonds is 0. The summed E-state index contributed by atoms with van der Waals surface area (Å²) in [7, 11) is 0. The van der Waals surface area contributed by atoms with Crippen molar-refractivity contribution in [2.75, 3.05) is 13.3 Å². The van der Waals surface area contributed by atoms with Crippen LogP contribution in [0.5, 0.6) is 0 Å². The zero-order valence-electron chi connectivity index (χ0n) is 9.85. The Morgan fingerprint density at radius 3 is 1.92 bits per heavy atom. The first kappa shape index (κ1) is 11.0. The summed E-state index contributed by atoms with van der Waals surface area (Å²) in [5.41, 5.74) is 0.526. The topological polar surface area (TPSA) is 12.5 Å². The summed E-state index contributed by atoms with van der Waals surface area (Å²) in [6, 6.07) is 0.549. The van der Waals surface area contributed by atoms with E-state index in [2.05, 4.69) is 46.4 Å². The van der Waals surface area contributed by atoms with E-state index >= 15 is 0 Å². The van der Waals surface area contributed by atoms with E-state index in [4.69, 9.17) is 4.74 Å². The Bertz CT molecular complexity index is 156. The van der Waals surface area contributed by atoms with Crippen LogP contribution in [0.3, 0.4) is 0 Å². The Hall–Kier alpha value is -0.0800. The molecule has 1 aliphatic rings. The summed E-state index contributed by atoms with van der Waals surface area (Å²) < 4.78 is 5.55. The van der Waals surface area contributed by atoms with Crippen LogP contribution in [0.25, 0.3) is 0 Å². The Labute approximate surface area is 82.3 Å². The molecule has 1 heterocycles. The van der Waals surface area contributed by atoms with E-state index in [-0.39, 0.29) is 5.54 Å². The van der Waals surface area contributed by atoms with E-state index in [0.717, 1.165) is 13.3 Å². The molecule has 2 heteroatoms. The zero-order chi connectivity index (χ0) is 10.3. The molecule has 0 spiro atoms. The van der Waals surface area contributed by atoms with Crippen molar-refractivity contribution in [3.05, 3.63) is 0 Å². The highest BCUT2D eigenvalue weighted by Gasteiger charge is 2.40. The van der Waals surface area contributed by atoms with Crippen molar-refractivity contribution >= 4 is 0 Å². The fraction of sp³-hybridized carbons (Fsp3) is 1.00. The van der Waals surface area contributed by atoms with Gasteiger partial charge in [0.25, 0.3) is 0 Å². The highest BCUT2D eigenvalue weighted by Crippen LogP contribution is 2.32. The lowest BCUT2D eigenvalue weighted by Crippen LogP contribution is -2.50. The summed E-state index contributed by atoms with van der Waals surface area (Å²) in [6.45, 7) is 15.3. The monoisotopic (exact) mass is 185 g/mol. The van der Waals surface area contributed by atoms with E-state index < -0.39 is 0 Å². The van der Waals surface area contributed by atoms with Gasteiger partial charge in [0.1, 0.15) is 0 Å². The molecule has 1 saturated heterocycles. The van der Waals surface area contributed by atoms with Crippen LogP contribution in [-0.4, -0.2) is 29.8 Å². The van der Waals surface area contributed by atoms with Crippen molar-refractivity contribution in [1.82, 2.24) is 4.90 Å². The molecule has 0 radical (unpaired) electrons. The van der Waals surface area contributed by atoms with Gasteiger partial charge in [-0.15, -0.1) is 0 Å². The van der Waals surface area contributed by atoms with Crippen LogP contribution >= 0.6 is 0 Å². The molecular weight excluding hydrogens is 162 g/mol. The maximum Gasteiger partial charge on any atom is 0.0998 e. The lowest BCUT2D eigenvalue weighted by Gasteiger charge is -2.41. The maximum atomic E-state index is 5.55. The molecule has 1 aliphatic heterocycles. The predicted octanol–water partition coefficient (Wildman–Crippen LogP) is 2.49. The Morgan fingerprint density at radius 1 is 1.08 bits per heavy atom. The van der Waals surface area contributed by atoms with Gasteiger partial charge in [0, 0.05) is 11.6 Å². The van der Waals surface area contributed by atoms with Crippen molar-refractivity contribution in [3.8, 4) is 0 Å². The first-order valence-corrected chi connectivity index (χ1v) is 5.07. The predicted molar refractivity (Wildman–Crippen MR) is 55.7 cm³/mol. The number of ether oxygens (including phenoxy) is 1. The molecule has 0 aromatic heterocycles. The van der Waals surface area contributed by atoms with Gasteiger partial charge in [0.2, 0.25) is 0 Å². The fourth-order valence-corrected chi connectivity index (χ4v) is 1.82. The second-order valence-electron chi connectivity index (χ2n) is 6.02. The second kappa shape index (κ2) is 3.25. The SMILES string of the molecule is CC(C)(C)C1COCN1C(C)(C)C. The van der Waals surface area contributed by atoms with Gasteiger partial charge in [0.05, 0.1) is 13.3 Å². The molecule has 0 bridgehead atoms. The minimum Gasteiger partial charge on any atom is -0.364 e. The molecule has 1 fully saturated rings. The van der Waals surface area contributed by atoms with Crippen LogP contribution in [0.2, 0.25) is 0 Å². The smallest absolute Gasteiger partial charge is 0.0998 e. The van der Waals surface area contributed by atoms with E-state index in [1.807, 2.05) is 0 Å². The van der Waals surface area contributed by atoms with Crippen molar-refractivity contribution in [1.29, 1.82) is 0 Å². The summed E-state index contributed by atoms with van der Waals surface area (Å²) in [4.78, 5) is 2.45. The molecule has 0 N–H and O–H groups in total. The molecule has 0 aliphatic carbocycles. The molecule has 78 valence electrons. The largest absolute Gasteiger partial charge is 0.364 e. The number of hydrogen-bond acceptors (Lipinski definition) is 2. The third-order valence-corrected chi connectivity index (χ3v) is 2.74. The van der Waals surface area contributed by atoms with Gasteiger partial charge in [-0.2, -0.15) is 0 Å². The molecule has 0 saturated carbocycles. The van der Waals surface area contributed by atoms with Crippen molar-refractivity contribution in [2.24, 2.45) is 5.41 Å². The van der Waals surface area contributed by atoms with Gasteiger partial charge in [-0.05, 0) is 26.2 Å². The maximum absolute atomic E-state index is 5.55. The highest BCUT2D eigenvalue weighted by molar-refractivity contribution is 4.91. The second-order valence-corrected chi connectivity index (χ2v) is 6.02. The summed E-state index contributed by atoms with van der Waals surface area (Å²) >= 11 is 0. The summed E-state index contributed by atoms with van der Waals surface area (Å²) in [6.07, 6.45) is 0. The lowest BCUT2D eigenvalue weighted by molar-refractivity contribution is 0.0437.